The third-order valence-corrected chi connectivity index (χ3v) is 5.26. The number of benzene rings is 2. The van der Waals surface area contributed by atoms with E-state index in [1.807, 2.05) is 13.8 Å². The molecule has 9 heteroatoms. The summed E-state index contributed by atoms with van der Waals surface area (Å²) < 4.78 is 0. The van der Waals surface area contributed by atoms with Gasteiger partial charge in [-0.1, -0.05) is 26.0 Å². The molecule has 1 unspecified atom stereocenters. The van der Waals surface area contributed by atoms with Crippen LogP contribution in [0.2, 0.25) is 0 Å². The monoisotopic (exact) mass is 435 g/mol. The average molecular weight is 435 g/mol. The van der Waals surface area contributed by atoms with Crippen LogP contribution in [0.4, 0.5) is 5.95 Å². The molecule has 32 heavy (non-hydrogen) atoms. The number of hydrogen-bond acceptors (Lipinski definition) is 6. The van der Waals surface area contributed by atoms with Crippen LogP contribution in [0.5, 0.6) is 5.75 Å². The fourth-order valence-corrected chi connectivity index (χ4v) is 3.80. The van der Waals surface area contributed by atoms with Gasteiger partial charge in [-0.15, -0.1) is 0 Å². The number of aliphatic hydroxyl groups excluding tert-OH is 1. The van der Waals surface area contributed by atoms with Crippen molar-refractivity contribution in [2.24, 2.45) is 5.92 Å². The third kappa shape index (κ3) is 3.58. The molecule has 1 amide bonds. The minimum atomic E-state index is -1.11. The number of H-pyrrole nitrogens is 1. The lowest BCUT2D eigenvalue weighted by atomic mass is 9.92. The first-order chi connectivity index (χ1) is 15.2. The number of hydrogen-bond donors (Lipinski definition) is 4. The van der Waals surface area contributed by atoms with Gasteiger partial charge < -0.3 is 20.3 Å². The summed E-state index contributed by atoms with van der Waals surface area (Å²) >= 11 is 0. The van der Waals surface area contributed by atoms with Crippen LogP contribution in [0.3, 0.4) is 0 Å². The molecule has 1 aliphatic heterocycles. The number of nitrogens with zero attached hydrogens (tertiary/aromatic N) is 2. The molecule has 4 rings (SSSR count). The summed E-state index contributed by atoms with van der Waals surface area (Å²) in [5.74, 6) is -2.85. The maximum atomic E-state index is 13.1. The molecule has 0 aliphatic carbocycles. The van der Waals surface area contributed by atoms with Crippen molar-refractivity contribution < 1.29 is 29.7 Å². The number of fused-ring (bicyclic) bond motifs is 1. The Hall–Kier alpha value is -4.14. The molecule has 1 aromatic heterocycles. The molecule has 0 fully saturated rings. The smallest absolute Gasteiger partial charge is 0.335 e. The van der Waals surface area contributed by atoms with Gasteiger partial charge >= 0.3 is 5.97 Å². The van der Waals surface area contributed by atoms with E-state index in [1.54, 1.807) is 12.1 Å². The van der Waals surface area contributed by atoms with E-state index in [1.165, 1.54) is 35.2 Å². The molecule has 2 heterocycles. The molecular weight excluding hydrogens is 414 g/mol. The number of aliphatic hydroxyl groups is 1. The molecule has 1 atom stereocenters. The van der Waals surface area contributed by atoms with Crippen molar-refractivity contribution in [3.63, 3.8) is 0 Å². The van der Waals surface area contributed by atoms with Crippen molar-refractivity contribution in [3.05, 3.63) is 64.9 Å². The lowest BCUT2D eigenvalue weighted by Gasteiger charge is -2.24. The summed E-state index contributed by atoms with van der Waals surface area (Å²) in [5.41, 5.74) is 1.31. The number of amides is 1. The maximum Gasteiger partial charge on any atom is 0.335 e. The molecule has 0 bridgehead atoms. The number of carbonyl (C=O) groups is 3. The van der Waals surface area contributed by atoms with Crippen molar-refractivity contribution in [2.75, 3.05) is 4.90 Å². The Bertz CT molecular complexity index is 1270. The van der Waals surface area contributed by atoms with Gasteiger partial charge in [0.1, 0.15) is 5.75 Å². The normalized spacial score (nSPS) is 16.4. The number of phenolic OH excluding ortho intramolecular Hbond substituents is 1. The number of aromatic amines is 1. The number of carboxylic acid groups (broad SMARTS) is 1. The minimum Gasteiger partial charge on any atom is -0.508 e. The van der Waals surface area contributed by atoms with E-state index in [9.17, 15) is 29.7 Å². The molecular formula is C23H21N3O6. The van der Waals surface area contributed by atoms with Crippen LogP contribution in [0.1, 0.15) is 42.2 Å². The zero-order valence-corrected chi connectivity index (χ0v) is 17.4. The summed E-state index contributed by atoms with van der Waals surface area (Å²) in [6.07, 6.45) is 0.136. The first-order valence-corrected chi connectivity index (χ1v) is 9.99. The van der Waals surface area contributed by atoms with Crippen LogP contribution in [-0.4, -0.2) is 42.9 Å². The second-order valence-electron chi connectivity index (χ2n) is 8.05. The summed E-state index contributed by atoms with van der Waals surface area (Å²) in [6, 6.07) is 9.31. The summed E-state index contributed by atoms with van der Waals surface area (Å²) in [7, 11) is 0. The van der Waals surface area contributed by atoms with Crippen LogP contribution in [0.15, 0.2) is 53.8 Å². The second kappa shape index (κ2) is 7.84. The Kier molecular flexibility index (Phi) is 5.17. The zero-order chi connectivity index (χ0) is 23.2. The number of phenols is 1. The molecule has 3 aromatic rings. The molecule has 9 nitrogen and oxygen atoms in total. The molecule has 1 aliphatic rings. The Balaban J connectivity index is 1.85. The Labute approximate surface area is 182 Å². The van der Waals surface area contributed by atoms with Gasteiger partial charge in [-0.3, -0.25) is 14.5 Å². The van der Waals surface area contributed by atoms with E-state index in [2.05, 4.69) is 9.97 Å². The van der Waals surface area contributed by atoms with Crippen LogP contribution in [0.25, 0.3) is 11.0 Å². The topological polar surface area (TPSA) is 144 Å². The highest BCUT2D eigenvalue weighted by Crippen LogP contribution is 2.41. The molecule has 4 N–H and O–H groups in total. The fraction of sp³-hybridized carbons (Fsp3) is 0.217. The number of anilines is 1. The molecule has 0 spiro atoms. The Morgan fingerprint density at radius 1 is 1.12 bits per heavy atom. The van der Waals surface area contributed by atoms with Crippen molar-refractivity contribution >= 4 is 34.6 Å². The number of carbonyl (C=O) groups excluding carboxylic acids is 2. The summed E-state index contributed by atoms with van der Waals surface area (Å²) in [4.78, 5) is 45.8. The number of aromatic nitrogens is 2. The number of imidazole rings is 1. The first-order valence-electron chi connectivity index (χ1n) is 9.99. The summed E-state index contributed by atoms with van der Waals surface area (Å²) in [5, 5.41) is 29.5. The summed E-state index contributed by atoms with van der Waals surface area (Å²) in [6.45, 7) is 3.72. The third-order valence-electron chi connectivity index (χ3n) is 5.26. The van der Waals surface area contributed by atoms with Gasteiger partial charge in [0.05, 0.1) is 28.2 Å². The molecule has 2 aromatic carbocycles. The standard InChI is InChI=1S/C23H21N3O6/c1-11(2)9-17(28)18-19(12-3-6-14(27)7-4-12)26(21(30)20(18)29)23-24-15-8-5-13(22(31)32)10-16(15)25-23/h3-8,10-11,19,27,29H,9H2,1-2H3,(H,24,25)(H,31,32). The minimum absolute atomic E-state index is 0.00746. The molecule has 0 radical (unpaired) electrons. The Morgan fingerprint density at radius 3 is 2.44 bits per heavy atom. The number of nitrogens with one attached hydrogen (secondary N) is 1. The number of carboxylic acids is 1. The number of aromatic carboxylic acids is 1. The molecule has 164 valence electrons. The number of ketones is 1. The number of rotatable bonds is 6. The van der Waals surface area contributed by atoms with Crippen molar-refractivity contribution in [1.82, 2.24) is 9.97 Å². The SMILES string of the molecule is CC(C)CC(=O)C1=C(O)C(=O)N(c2nc3ccc(C(=O)O)cc3[nH]2)C1c1ccc(O)cc1. The van der Waals surface area contributed by atoms with Crippen LogP contribution in [0, 0.1) is 5.92 Å². The Morgan fingerprint density at radius 2 is 1.81 bits per heavy atom. The highest BCUT2D eigenvalue weighted by molar-refractivity contribution is 6.16. The highest BCUT2D eigenvalue weighted by atomic mass is 16.4. The van der Waals surface area contributed by atoms with Gasteiger partial charge in [-0.25, -0.2) is 9.78 Å². The predicted molar refractivity (Wildman–Crippen MR) is 116 cm³/mol. The predicted octanol–water partition coefficient (Wildman–Crippen LogP) is 3.48. The molecule has 0 saturated heterocycles. The van der Waals surface area contributed by atoms with Crippen LogP contribution < -0.4 is 4.90 Å². The largest absolute Gasteiger partial charge is 0.508 e. The van der Waals surface area contributed by atoms with E-state index in [4.69, 9.17) is 0 Å². The molecule has 0 saturated carbocycles. The van der Waals surface area contributed by atoms with Crippen LogP contribution >= 0.6 is 0 Å². The van der Waals surface area contributed by atoms with Crippen molar-refractivity contribution in [3.8, 4) is 5.75 Å². The van der Waals surface area contributed by atoms with Gasteiger partial charge in [0, 0.05) is 6.42 Å². The van der Waals surface area contributed by atoms with Gasteiger partial charge in [0.25, 0.3) is 5.91 Å². The van der Waals surface area contributed by atoms with E-state index in [0.29, 0.717) is 16.6 Å². The first kappa shape index (κ1) is 21.1. The zero-order valence-electron chi connectivity index (χ0n) is 17.4. The average Bonchev–Trinajstić information content (AvgIpc) is 3.26. The van der Waals surface area contributed by atoms with E-state index in [-0.39, 0.29) is 41.0 Å². The lowest BCUT2D eigenvalue weighted by molar-refractivity contribution is -0.118. The van der Waals surface area contributed by atoms with E-state index >= 15 is 0 Å². The lowest BCUT2D eigenvalue weighted by Crippen LogP contribution is -2.32. The number of aromatic hydroxyl groups is 1. The van der Waals surface area contributed by atoms with Gasteiger partial charge in [0.15, 0.2) is 11.5 Å². The fourth-order valence-electron chi connectivity index (χ4n) is 3.80. The van der Waals surface area contributed by atoms with Crippen LogP contribution in [-0.2, 0) is 9.59 Å². The van der Waals surface area contributed by atoms with Crippen molar-refractivity contribution in [2.45, 2.75) is 26.3 Å². The highest BCUT2D eigenvalue weighted by Gasteiger charge is 2.45. The van der Waals surface area contributed by atoms with E-state index < -0.39 is 23.7 Å². The second-order valence-corrected chi connectivity index (χ2v) is 8.05. The van der Waals surface area contributed by atoms with Gasteiger partial charge in [-0.05, 0) is 41.8 Å². The quantitative estimate of drug-likeness (QED) is 0.464. The van der Waals surface area contributed by atoms with Gasteiger partial charge in [-0.2, -0.15) is 0 Å². The van der Waals surface area contributed by atoms with Gasteiger partial charge in [0.2, 0.25) is 5.95 Å². The maximum absolute atomic E-state index is 13.1. The van der Waals surface area contributed by atoms with Crippen molar-refractivity contribution in [1.29, 1.82) is 0 Å². The number of Topliss-reactive ketones (excluding diaryl/α,β-unsaturated/α-hetero) is 1. The van der Waals surface area contributed by atoms with E-state index in [0.717, 1.165) is 0 Å².